The quantitative estimate of drug-likeness (QED) is 0.777. The summed E-state index contributed by atoms with van der Waals surface area (Å²) in [4.78, 5) is 16.3. The van der Waals surface area contributed by atoms with Gasteiger partial charge in [0.2, 0.25) is 11.7 Å². The zero-order valence-electron chi connectivity index (χ0n) is 12.6. The van der Waals surface area contributed by atoms with Crippen LogP contribution < -0.4 is 0 Å². The van der Waals surface area contributed by atoms with Crippen molar-refractivity contribution in [3.8, 4) is 0 Å². The Morgan fingerprint density at radius 1 is 1.29 bits per heavy atom. The summed E-state index contributed by atoms with van der Waals surface area (Å²) >= 11 is 0. The largest absolute Gasteiger partial charge is 0.468 e. The molecule has 0 amide bonds. The predicted molar refractivity (Wildman–Crippen MR) is 73.6 cm³/mol. The zero-order valence-corrected chi connectivity index (χ0v) is 12.6. The summed E-state index contributed by atoms with van der Waals surface area (Å²) in [6.45, 7) is 0. The molecule has 0 N–H and O–H groups in total. The number of carbonyl (C=O) groups excluding carboxylic acids is 1. The van der Waals surface area contributed by atoms with Crippen LogP contribution in [-0.4, -0.2) is 30.3 Å². The van der Waals surface area contributed by atoms with Crippen LogP contribution in [0.4, 0.5) is 0 Å². The first kappa shape index (κ1) is 14.5. The van der Waals surface area contributed by atoms with Crippen LogP contribution in [0.5, 0.6) is 0 Å². The van der Waals surface area contributed by atoms with Gasteiger partial charge in [-0.15, -0.1) is 0 Å². The minimum absolute atomic E-state index is 0.142. The van der Waals surface area contributed by atoms with E-state index in [2.05, 4.69) is 10.1 Å². The van der Waals surface area contributed by atoms with E-state index in [0.29, 0.717) is 30.5 Å². The molecule has 1 unspecified atom stereocenters. The van der Waals surface area contributed by atoms with Gasteiger partial charge in [0.05, 0.1) is 7.11 Å². The first-order valence-corrected chi connectivity index (χ1v) is 7.66. The molecule has 0 spiro atoms. The average molecular weight is 294 g/mol. The summed E-state index contributed by atoms with van der Waals surface area (Å²) in [6.07, 6.45) is 7.27. The maximum atomic E-state index is 11.9. The molecular formula is C15H22N2O4. The van der Waals surface area contributed by atoms with E-state index >= 15 is 0 Å². The van der Waals surface area contributed by atoms with Gasteiger partial charge in [0.1, 0.15) is 11.5 Å². The Morgan fingerprint density at radius 2 is 2.00 bits per heavy atom. The first-order valence-electron chi connectivity index (χ1n) is 7.66. The molecule has 1 aromatic heterocycles. The highest BCUT2D eigenvalue weighted by atomic mass is 16.5. The third-order valence-corrected chi connectivity index (χ3v) is 4.76. The lowest BCUT2D eigenvalue weighted by Gasteiger charge is -2.26. The lowest BCUT2D eigenvalue weighted by Crippen LogP contribution is -2.23. The lowest BCUT2D eigenvalue weighted by molar-refractivity contribution is -0.144. The molecular weight excluding hydrogens is 272 g/mol. The van der Waals surface area contributed by atoms with Crippen molar-refractivity contribution in [2.75, 3.05) is 14.2 Å². The van der Waals surface area contributed by atoms with E-state index in [1.165, 1.54) is 26.4 Å². The summed E-state index contributed by atoms with van der Waals surface area (Å²) in [6, 6.07) is 0. The molecule has 2 aliphatic rings. The number of methoxy groups -OCH3 is 2. The van der Waals surface area contributed by atoms with Crippen LogP contribution in [0.3, 0.4) is 0 Å². The Morgan fingerprint density at radius 3 is 2.57 bits per heavy atom. The van der Waals surface area contributed by atoms with E-state index in [1.807, 2.05) is 0 Å². The summed E-state index contributed by atoms with van der Waals surface area (Å²) in [5.74, 6) is 1.09. The molecule has 0 bridgehead atoms. The summed E-state index contributed by atoms with van der Waals surface area (Å²) in [7, 11) is 3.07. The topological polar surface area (TPSA) is 74.5 Å². The highest BCUT2D eigenvalue weighted by Gasteiger charge is 2.57. The van der Waals surface area contributed by atoms with Gasteiger partial charge in [-0.05, 0) is 31.6 Å². The molecule has 2 saturated carbocycles. The molecule has 0 aromatic carbocycles. The monoisotopic (exact) mass is 294 g/mol. The normalized spacial score (nSPS) is 22.8. The van der Waals surface area contributed by atoms with Gasteiger partial charge < -0.3 is 14.0 Å². The van der Waals surface area contributed by atoms with Crippen LogP contribution in [0, 0.1) is 5.92 Å². The molecule has 2 aliphatic carbocycles. The van der Waals surface area contributed by atoms with Crippen molar-refractivity contribution in [3.63, 3.8) is 0 Å². The van der Waals surface area contributed by atoms with Gasteiger partial charge in [-0.1, -0.05) is 24.4 Å². The number of ether oxygens (including phenoxy) is 2. The SMILES string of the molecule is COC(=O)C1(c2nc(C(OC)C3CCCCC3)no2)CC1. The molecule has 116 valence electrons. The molecule has 6 nitrogen and oxygen atoms in total. The van der Waals surface area contributed by atoms with Crippen molar-refractivity contribution >= 4 is 5.97 Å². The Balaban J connectivity index is 1.78. The van der Waals surface area contributed by atoms with Gasteiger partial charge in [0.15, 0.2) is 0 Å². The molecule has 3 rings (SSSR count). The van der Waals surface area contributed by atoms with Crippen LogP contribution in [0.15, 0.2) is 4.52 Å². The van der Waals surface area contributed by atoms with E-state index < -0.39 is 5.41 Å². The van der Waals surface area contributed by atoms with Crippen LogP contribution in [0.25, 0.3) is 0 Å². The van der Waals surface area contributed by atoms with Crippen molar-refractivity contribution < 1.29 is 18.8 Å². The summed E-state index contributed by atoms with van der Waals surface area (Å²) in [5, 5.41) is 4.07. The third kappa shape index (κ3) is 2.57. The number of esters is 1. The van der Waals surface area contributed by atoms with Crippen molar-refractivity contribution in [2.24, 2.45) is 5.92 Å². The van der Waals surface area contributed by atoms with Crippen molar-refractivity contribution in [3.05, 3.63) is 11.7 Å². The van der Waals surface area contributed by atoms with Gasteiger partial charge >= 0.3 is 5.97 Å². The number of nitrogens with zero attached hydrogens (tertiary/aromatic N) is 2. The van der Waals surface area contributed by atoms with E-state index in [1.54, 1.807) is 7.11 Å². The number of aromatic nitrogens is 2. The highest BCUT2D eigenvalue weighted by molar-refractivity contribution is 5.85. The van der Waals surface area contributed by atoms with E-state index in [4.69, 9.17) is 14.0 Å². The number of rotatable bonds is 5. The molecule has 0 aliphatic heterocycles. The smallest absolute Gasteiger partial charge is 0.321 e. The average Bonchev–Trinajstić information content (AvgIpc) is 3.21. The number of hydrogen-bond acceptors (Lipinski definition) is 6. The lowest BCUT2D eigenvalue weighted by atomic mass is 9.85. The molecule has 2 fully saturated rings. The second-order valence-corrected chi connectivity index (χ2v) is 6.09. The van der Waals surface area contributed by atoms with E-state index in [-0.39, 0.29) is 12.1 Å². The van der Waals surface area contributed by atoms with Crippen molar-refractivity contribution in [1.29, 1.82) is 0 Å². The van der Waals surface area contributed by atoms with Gasteiger partial charge in [0.25, 0.3) is 0 Å². The second kappa shape index (κ2) is 5.75. The molecule has 6 heteroatoms. The van der Waals surface area contributed by atoms with Crippen molar-refractivity contribution in [2.45, 2.75) is 56.5 Å². The fourth-order valence-electron chi connectivity index (χ4n) is 3.32. The summed E-state index contributed by atoms with van der Waals surface area (Å²) in [5.41, 5.74) is -0.704. The van der Waals surface area contributed by atoms with Crippen LogP contribution in [0.1, 0.15) is 62.8 Å². The molecule has 1 atom stereocenters. The van der Waals surface area contributed by atoms with Gasteiger partial charge in [-0.3, -0.25) is 4.79 Å². The van der Waals surface area contributed by atoms with Crippen LogP contribution in [-0.2, 0) is 19.7 Å². The highest BCUT2D eigenvalue weighted by Crippen LogP contribution is 2.49. The van der Waals surface area contributed by atoms with Gasteiger partial charge in [0, 0.05) is 7.11 Å². The Labute approximate surface area is 124 Å². The van der Waals surface area contributed by atoms with E-state index in [0.717, 1.165) is 12.8 Å². The Bertz CT molecular complexity index is 504. The fraction of sp³-hybridized carbons (Fsp3) is 0.800. The molecule has 1 heterocycles. The predicted octanol–water partition coefficient (Wildman–Crippen LogP) is 2.54. The molecule has 0 radical (unpaired) electrons. The molecule has 0 saturated heterocycles. The maximum Gasteiger partial charge on any atom is 0.321 e. The van der Waals surface area contributed by atoms with Gasteiger partial charge in [-0.25, -0.2) is 0 Å². The zero-order chi connectivity index (χ0) is 14.9. The van der Waals surface area contributed by atoms with Crippen LogP contribution >= 0.6 is 0 Å². The number of hydrogen-bond donors (Lipinski definition) is 0. The van der Waals surface area contributed by atoms with Gasteiger partial charge in [-0.2, -0.15) is 4.98 Å². The minimum atomic E-state index is -0.704. The summed E-state index contributed by atoms with van der Waals surface area (Å²) < 4.78 is 15.8. The van der Waals surface area contributed by atoms with Crippen LogP contribution in [0.2, 0.25) is 0 Å². The molecule has 21 heavy (non-hydrogen) atoms. The number of carbonyl (C=O) groups is 1. The maximum absolute atomic E-state index is 11.9. The molecule has 1 aromatic rings. The van der Waals surface area contributed by atoms with Crippen molar-refractivity contribution in [1.82, 2.24) is 10.1 Å². The van der Waals surface area contributed by atoms with E-state index in [9.17, 15) is 4.79 Å². The Kier molecular flexibility index (Phi) is 3.97. The standard InChI is InChI=1S/C15H22N2O4/c1-19-11(10-6-4-3-5-7-10)12-16-13(21-17-12)15(8-9-15)14(18)20-2/h10-11H,3-9H2,1-2H3. The third-order valence-electron chi connectivity index (χ3n) is 4.76. The second-order valence-electron chi connectivity index (χ2n) is 6.09. The minimum Gasteiger partial charge on any atom is -0.468 e. The Hall–Kier alpha value is -1.43. The fourth-order valence-corrected chi connectivity index (χ4v) is 3.32. The first-order chi connectivity index (χ1) is 10.2.